The molecule has 0 fully saturated rings. The number of nitro benzene ring substituents is 1. The van der Waals surface area contributed by atoms with Gasteiger partial charge < -0.3 is 9.73 Å². The van der Waals surface area contributed by atoms with Crippen molar-refractivity contribution in [3.8, 4) is 0 Å². The third-order valence-corrected chi connectivity index (χ3v) is 2.13. The fourth-order valence-corrected chi connectivity index (χ4v) is 1.34. The number of anilines is 1. The average Bonchev–Trinajstić information content (AvgIpc) is 2.76. The molecule has 0 atom stereocenters. The van der Waals surface area contributed by atoms with Crippen LogP contribution in [0.3, 0.4) is 0 Å². The number of aryl methyl sites for hydroxylation is 1. The van der Waals surface area contributed by atoms with Crippen LogP contribution in [0.25, 0.3) is 0 Å². The van der Waals surface area contributed by atoms with Crippen LogP contribution in [0.5, 0.6) is 0 Å². The summed E-state index contributed by atoms with van der Waals surface area (Å²) in [6.45, 7) is 1.66. The first kappa shape index (κ1) is 11.8. The third-order valence-electron chi connectivity index (χ3n) is 2.13. The quantitative estimate of drug-likeness (QED) is 0.661. The summed E-state index contributed by atoms with van der Waals surface area (Å²) < 4.78 is 5.04. The van der Waals surface area contributed by atoms with Gasteiger partial charge >= 0.3 is 5.91 Å². The highest BCUT2D eigenvalue weighted by Gasteiger charge is 2.13. The Bertz CT molecular complexity index is 606. The molecule has 0 radical (unpaired) electrons. The lowest BCUT2D eigenvalue weighted by atomic mass is 10.3. The first-order valence-corrected chi connectivity index (χ1v) is 5.04. The summed E-state index contributed by atoms with van der Waals surface area (Å²) in [4.78, 5) is 25.5. The molecule has 1 aromatic carbocycles. The van der Waals surface area contributed by atoms with Crippen LogP contribution in [0.1, 0.15) is 16.4 Å². The number of nitrogens with zero attached hydrogens (tertiary/aromatic N) is 2. The number of hydrogen-bond donors (Lipinski definition) is 1. The summed E-state index contributed by atoms with van der Waals surface area (Å²) in [5.74, 6) is -0.123. The van der Waals surface area contributed by atoms with Gasteiger partial charge in [0, 0.05) is 17.8 Å². The van der Waals surface area contributed by atoms with Crippen LogP contribution in [-0.2, 0) is 0 Å². The first-order valence-electron chi connectivity index (χ1n) is 5.04. The van der Waals surface area contributed by atoms with E-state index in [-0.39, 0.29) is 11.6 Å². The van der Waals surface area contributed by atoms with Crippen molar-refractivity contribution in [1.82, 2.24) is 4.98 Å². The number of nitrogens with one attached hydrogen (secondary N) is 1. The van der Waals surface area contributed by atoms with Crippen molar-refractivity contribution in [3.05, 3.63) is 52.2 Å². The second kappa shape index (κ2) is 4.66. The van der Waals surface area contributed by atoms with Gasteiger partial charge in [0.05, 0.1) is 11.1 Å². The number of nitro groups is 1. The lowest BCUT2D eigenvalue weighted by Gasteiger charge is -2.01. The van der Waals surface area contributed by atoms with Crippen LogP contribution in [0, 0.1) is 17.0 Å². The van der Waals surface area contributed by atoms with E-state index in [1.807, 2.05) is 0 Å². The van der Waals surface area contributed by atoms with Crippen LogP contribution in [-0.4, -0.2) is 15.8 Å². The van der Waals surface area contributed by atoms with E-state index in [2.05, 4.69) is 10.3 Å². The SMILES string of the molecule is Cc1cnc(C(=O)Nc2cccc([N+](=O)[O-])c2)o1. The Labute approximate surface area is 102 Å². The molecule has 7 nitrogen and oxygen atoms in total. The number of carbonyl (C=O) groups excluding carboxylic acids is 1. The molecule has 1 N–H and O–H groups in total. The maximum atomic E-state index is 11.7. The Kier molecular flexibility index (Phi) is 3.05. The van der Waals surface area contributed by atoms with Gasteiger partial charge in [-0.1, -0.05) is 6.07 Å². The van der Waals surface area contributed by atoms with Crippen molar-refractivity contribution in [2.45, 2.75) is 6.92 Å². The molecule has 1 aromatic heterocycles. The highest BCUT2D eigenvalue weighted by atomic mass is 16.6. The highest BCUT2D eigenvalue weighted by molar-refractivity contribution is 6.01. The smallest absolute Gasteiger partial charge is 0.311 e. The minimum absolute atomic E-state index is 0.0843. The Morgan fingerprint density at radius 3 is 2.89 bits per heavy atom. The average molecular weight is 247 g/mol. The van der Waals surface area contributed by atoms with Gasteiger partial charge in [0.1, 0.15) is 5.76 Å². The number of rotatable bonds is 3. The zero-order valence-electron chi connectivity index (χ0n) is 9.41. The van der Waals surface area contributed by atoms with E-state index in [4.69, 9.17) is 4.42 Å². The van der Waals surface area contributed by atoms with Crippen LogP contribution < -0.4 is 5.32 Å². The van der Waals surface area contributed by atoms with Gasteiger partial charge in [-0.3, -0.25) is 14.9 Å². The minimum atomic E-state index is -0.552. The summed E-state index contributed by atoms with van der Waals surface area (Å²) in [5, 5.41) is 13.0. The molecular formula is C11H9N3O4. The van der Waals surface area contributed by atoms with Gasteiger partial charge in [-0.15, -0.1) is 0 Å². The number of oxazole rings is 1. The van der Waals surface area contributed by atoms with Crippen molar-refractivity contribution < 1.29 is 14.1 Å². The van der Waals surface area contributed by atoms with Crippen molar-refractivity contribution in [3.63, 3.8) is 0 Å². The van der Waals surface area contributed by atoms with E-state index in [0.29, 0.717) is 11.4 Å². The number of non-ortho nitro benzene ring substituents is 1. The van der Waals surface area contributed by atoms with Crippen molar-refractivity contribution in [2.24, 2.45) is 0 Å². The topological polar surface area (TPSA) is 98.3 Å². The molecule has 1 heterocycles. The Morgan fingerprint density at radius 1 is 1.50 bits per heavy atom. The minimum Gasteiger partial charge on any atom is -0.438 e. The van der Waals surface area contributed by atoms with Crippen LogP contribution in [0.2, 0.25) is 0 Å². The molecule has 0 aliphatic carbocycles. The number of amides is 1. The van der Waals surface area contributed by atoms with Crippen LogP contribution in [0.15, 0.2) is 34.9 Å². The largest absolute Gasteiger partial charge is 0.438 e. The van der Waals surface area contributed by atoms with E-state index < -0.39 is 10.8 Å². The number of aromatic nitrogens is 1. The van der Waals surface area contributed by atoms with Crippen LogP contribution in [0.4, 0.5) is 11.4 Å². The molecule has 92 valence electrons. The second-order valence-corrected chi connectivity index (χ2v) is 3.54. The maximum absolute atomic E-state index is 11.7. The zero-order chi connectivity index (χ0) is 13.1. The Morgan fingerprint density at radius 2 is 2.28 bits per heavy atom. The highest BCUT2D eigenvalue weighted by Crippen LogP contribution is 2.17. The third kappa shape index (κ3) is 2.51. The molecule has 0 aliphatic rings. The summed E-state index contributed by atoms with van der Waals surface area (Å²) in [6, 6.07) is 5.62. The monoisotopic (exact) mass is 247 g/mol. The van der Waals surface area contributed by atoms with Gasteiger partial charge in [-0.05, 0) is 13.0 Å². The molecule has 18 heavy (non-hydrogen) atoms. The predicted molar refractivity (Wildman–Crippen MR) is 62.3 cm³/mol. The van der Waals surface area contributed by atoms with Crippen LogP contribution >= 0.6 is 0 Å². The maximum Gasteiger partial charge on any atom is 0.311 e. The molecular weight excluding hydrogens is 238 g/mol. The van der Waals surface area contributed by atoms with Gasteiger partial charge in [0.25, 0.3) is 11.6 Å². The number of benzene rings is 1. The fraction of sp³-hybridized carbons (Fsp3) is 0.0909. The number of hydrogen-bond acceptors (Lipinski definition) is 5. The lowest BCUT2D eigenvalue weighted by Crippen LogP contribution is -2.12. The lowest BCUT2D eigenvalue weighted by molar-refractivity contribution is -0.384. The standard InChI is InChI=1S/C11H9N3O4/c1-7-6-12-11(18-7)10(15)13-8-3-2-4-9(5-8)14(16)17/h2-6H,1H3,(H,13,15). The van der Waals surface area contributed by atoms with E-state index >= 15 is 0 Å². The molecule has 0 aliphatic heterocycles. The Balaban J connectivity index is 2.16. The van der Waals surface area contributed by atoms with Crippen molar-refractivity contribution in [1.29, 1.82) is 0 Å². The van der Waals surface area contributed by atoms with Gasteiger partial charge in [0.2, 0.25) is 0 Å². The molecule has 0 bridgehead atoms. The number of carbonyl (C=O) groups is 1. The van der Waals surface area contributed by atoms with Crippen molar-refractivity contribution in [2.75, 3.05) is 5.32 Å². The summed E-state index contributed by atoms with van der Waals surface area (Å²) >= 11 is 0. The Hall–Kier alpha value is -2.70. The second-order valence-electron chi connectivity index (χ2n) is 3.54. The molecule has 1 amide bonds. The van der Waals surface area contributed by atoms with E-state index in [1.54, 1.807) is 13.0 Å². The van der Waals surface area contributed by atoms with Crippen molar-refractivity contribution >= 4 is 17.3 Å². The summed E-state index contributed by atoms with van der Waals surface area (Å²) in [5.41, 5.74) is 0.210. The first-order chi connectivity index (χ1) is 8.56. The zero-order valence-corrected chi connectivity index (χ0v) is 9.41. The normalized spacial score (nSPS) is 10.1. The van der Waals surface area contributed by atoms with E-state index in [0.717, 1.165) is 0 Å². The van der Waals surface area contributed by atoms with Gasteiger partial charge in [0.15, 0.2) is 0 Å². The van der Waals surface area contributed by atoms with Gasteiger partial charge in [-0.2, -0.15) is 0 Å². The molecule has 2 rings (SSSR count). The van der Waals surface area contributed by atoms with E-state index in [9.17, 15) is 14.9 Å². The molecule has 0 unspecified atom stereocenters. The summed E-state index contributed by atoms with van der Waals surface area (Å²) in [7, 11) is 0. The predicted octanol–water partition coefficient (Wildman–Crippen LogP) is 2.14. The molecule has 0 saturated heterocycles. The fourth-order valence-electron chi connectivity index (χ4n) is 1.34. The molecule has 7 heteroatoms. The molecule has 0 saturated carbocycles. The van der Waals surface area contributed by atoms with E-state index in [1.165, 1.54) is 24.4 Å². The molecule has 0 spiro atoms. The van der Waals surface area contributed by atoms with Gasteiger partial charge in [-0.25, -0.2) is 4.98 Å². The summed E-state index contributed by atoms with van der Waals surface area (Å²) in [6.07, 6.45) is 1.42. The molecule has 2 aromatic rings.